The van der Waals surface area contributed by atoms with E-state index >= 15 is 0 Å². The lowest BCUT2D eigenvalue weighted by Crippen LogP contribution is -2.45. The Bertz CT molecular complexity index is 399. The number of ether oxygens (including phenoxy) is 3. The van der Waals surface area contributed by atoms with Crippen LogP contribution in [0.5, 0.6) is 0 Å². The molecule has 5 nitrogen and oxygen atoms in total. The van der Waals surface area contributed by atoms with Crippen LogP contribution in [0.1, 0.15) is 80.6 Å². The first-order valence-electron chi connectivity index (χ1n) is 9.86. The van der Waals surface area contributed by atoms with E-state index in [1.165, 1.54) is 0 Å². The van der Waals surface area contributed by atoms with Crippen LogP contribution in [0.25, 0.3) is 0 Å². The van der Waals surface area contributed by atoms with E-state index in [4.69, 9.17) is 14.2 Å². The van der Waals surface area contributed by atoms with Gasteiger partial charge in [0.05, 0.1) is 17.8 Å². The second kappa shape index (κ2) is 9.77. The molecule has 1 heterocycles. The van der Waals surface area contributed by atoms with Crippen molar-refractivity contribution >= 4 is 6.09 Å². The summed E-state index contributed by atoms with van der Waals surface area (Å²) in [5, 5.41) is 0. The van der Waals surface area contributed by atoms with Crippen LogP contribution < -0.4 is 0 Å². The quantitative estimate of drug-likeness (QED) is 0.627. The SMILES string of the molecule is CCC(C)OCCC(C)(CC)OC1CCN(C(=O)OC(C)(C)C)CC1. The van der Waals surface area contributed by atoms with Crippen LogP contribution in [0.15, 0.2) is 0 Å². The van der Waals surface area contributed by atoms with Crippen LogP contribution in [0.4, 0.5) is 4.79 Å². The lowest BCUT2D eigenvalue weighted by Gasteiger charge is -2.38. The molecule has 148 valence electrons. The Morgan fingerprint density at radius 3 is 2.24 bits per heavy atom. The standard InChI is InChI=1S/C20H39NO4/c1-8-16(3)23-15-12-20(7,9-2)24-17-10-13-21(14-11-17)18(22)25-19(4,5)6/h16-17H,8-15H2,1-7H3. The number of hydrogen-bond donors (Lipinski definition) is 0. The summed E-state index contributed by atoms with van der Waals surface area (Å²) in [5.74, 6) is 0. The number of likely N-dealkylation sites (tertiary alicyclic amines) is 1. The van der Waals surface area contributed by atoms with Gasteiger partial charge in [-0.05, 0) is 66.7 Å². The van der Waals surface area contributed by atoms with Crippen molar-refractivity contribution < 1.29 is 19.0 Å². The highest BCUT2D eigenvalue weighted by Crippen LogP contribution is 2.27. The molecule has 1 aliphatic rings. The minimum atomic E-state index is -0.444. The molecule has 2 atom stereocenters. The van der Waals surface area contributed by atoms with Crippen LogP contribution in [-0.4, -0.2) is 54.1 Å². The number of amides is 1. The summed E-state index contributed by atoms with van der Waals surface area (Å²) in [6.45, 7) is 16.4. The fourth-order valence-corrected chi connectivity index (χ4v) is 2.80. The van der Waals surface area contributed by atoms with Gasteiger partial charge in [0.2, 0.25) is 0 Å². The Morgan fingerprint density at radius 1 is 1.16 bits per heavy atom. The maximum Gasteiger partial charge on any atom is 0.410 e. The van der Waals surface area contributed by atoms with Gasteiger partial charge in [0.1, 0.15) is 5.60 Å². The minimum Gasteiger partial charge on any atom is -0.444 e. The summed E-state index contributed by atoms with van der Waals surface area (Å²) in [6, 6.07) is 0. The highest BCUT2D eigenvalue weighted by atomic mass is 16.6. The molecule has 0 aromatic carbocycles. The van der Waals surface area contributed by atoms with Crippen LogP contribution >= 0.6 is 0 Å². The van der Waals surface area contributed by atoms with Gasteiger partial charge in [0, 0.05) is 19.7 Å². The zero-order valence-corrected chi connectivity index (χ0v) is 17.4. The number of carbonyl (C=O) groups excluding carboxylic acids is 1. The molecule has 1 saturated heterocycles. The number of nitrogens with zero attached hydrogens (tertiary/aromatic N) is 1. The van der Waals surface area contributed by atoms with E-state index in [2.05, 4.69) is 27.7 Å². The molecule has 0 spiro atoms. The lowest BCUT2D eigenvalue weighted by molar-refractivity contribution is -0.118. The van der Waals surface area contributed by atoms with Gasteiger partial charge in [-0.25, -0.2) is 4.79 Å². The van der Waals surface area contributed by atoms with Crippen molar-refractivity contribution in [1.82, 2.24) is 4.90 Å². The van der Waals surface area contributed by atoms with E-state index in [1.54, 1.807) is 4.90 Å². The number of carbonyl (C=O) groups is 1. The van der Waals surface area contributed by atoms with E-state index in [1.807, 2.05) is 20.8 Å². The molecule has 5 heteroatoms. The summed E-state index contributed by atoms with van der Waals surface area (Å²) in [7, 11) is 0. The molecular formula is C20H39NO4. The van der Waals surface area contributed by atoms with Gasteiger partial charge >= 0.3 is 6.09 Å². The van der Waals surface area contributed by atoms with E-state index in [0.29, 0.717) is 19.2 Å². The predicted octanol–water partition coefficient (Wildman–Crippen LogP) is 4.78. The van der Waals surface area contributed by atoms with Crippen molar-refractivity contribution in [2.45, 2.75) is 104 Å². The van der Waals surface area contributed by atoms with Crippen molar-refractivity contribution in [2.75, 3.05) is 19.7 Å². The third kappa shape index (κ3) is 8.41. The Morgan fingerprint density at radius 2 is 1.76 bits per heavy atom. The molecule has 1 amide bonds. The molecule has 0 radical (unpaired) electrons. The second-order valence-corrected chi connectivity index (χ2v) is 8.43. The molecule has 1 aliphatic heterocycles. The molecule has 0 N–H and O–H groups in total. The van der Waals surface area contributed by atoms with Crippen molar-refractivity contribution in [2.24, 2.45) is 0 Å². The van der Waals surface area contributed by atoms with E-state index in [0.717, 1.165) is 38.7 Å². The first-order chi connectivity index (χ1) is 11.6. The molecule has 0 bridgehead atoms. The molecule has 0 aromatic rings. The number of rotatable bonds is 8. The van der Waals surface area contributed by atoms with E-state index in [9.17, 15) is 4.79 Å². The fourth-order valence-electron chi connectivity index (χ4n) is 2.80. The third-order valence-electron chi connectivity index (χ3n) is 4.90. The van der Waals surface area contributed by atoms with Gasteiger partial charge in [-0.15, -0.1) is 0 Å². The molecule has 0 aliphatic carbocycles. The average molecular weight is 358 g/mol. The van der Waals surface area contributed by atoms with Gasteiger partial charge < -0.3 is 19.1 Å². The topological polar surface area (TPSA) is 48.0 Å². The Kier molecular flexibility index (Phi) is 8.69. The monoisotopic (exact) mass is 357 g/mol. The molecule has 1 fully saturated rings. The highest BCUT2D eigenvalue weighted by Gasteiger charge is 2.32. The van der Waals surface area contributed by atoms with Crippen molar-refractivity contribution in [3.63, 3.8) is 0 Å². The van der Waals surface area contributed by atoms with Crippen LogP contribution in [0.2, 0.25) is 0 Å². The summed E-state index contributed by atoms with van der Waals surface area (Å²) in [4.78, 5) is 13.9. The zero-order valence-electron chi connectivity index (χ0n) is 17.4. The van der Waals surface area contributed by atoms with E-state index in [-0.39, 0.29) is 17.8 Å². The fraction of sp³-hybridized carbons (Fsp3) is 0.950. The zero-order chi connectivity index (χ0) is 19.1. The average Bonchev–Trinajstić information content (AvgIpc) is 2.53. The number of piperidine rings is 1. The van der Waals surface area contributed by atoms with Gasteiger partial charge in [-0.1, -0.05) is 13.8 Å². The first kappa shape index (κ1) is 22.2. The molecule has 2 unspecified atom stereocenters. The van der Waals surface area contributed by atoms with Gasteiger partial charge in [0.15, 0.2) is 0 Å². The number of hydrogen-bond acceptors (Lipinski definition) is 4. The van der Waals surface area contributed by atoms with E-state index < -0.39 is 5.60 Å². The molecular weight excluding hydrogens is 318 g/mol. The normalized spacial score (nSPS) is 20.2. The lowest BCUT2D eigenvalue weighted by atomic mass is 9.97. The summed E-state index contributed by atoms with van der Waals surface area (Å²) in [6.07, 6.45) is 4.91. The maximum atomic E-state index is 12.1. The first-order valence-corrected chi connectivity index (χ1v) is 9.86. The molecule has 25 heavy (non-hydrogen) atoms. The predicted molar refractivity (Wildman–Crippen MR) is 101 cm³/mol. The van der Waals surface area contributed by atoms with Crippen LogP contribution in [-0.2, 0) is 14.2 Å². The minimum absolute atomic E-state index is 0.160. The third-order valence-corrected chi connectivity index (χ3v) is 4.90. The Labute approximate surface area is 154 Å². The molecule has 0 saturated carbocycles. The van der Waals surface area contributed by atoms with Crippen LogP contribution in [0, 0.1) is 0 Å². The Balaban J connectivity index is 2.41. The van der Waals surface area contributed by atoms with Crippen LogP contribution in [0.3, 0.4) is 0 Å². The summed E-state index contributed by atoms with van der Waals surface area (Å²) < 4.78 is 17.7. The van der Waals surface area contributed by atoms with Gasteiger partial charge in [-0.2, -0.15) is 0 Å². The summed E-state index contributed by atoms with van der Waals surface area (Å²) >= 11 is 0. The Hall–Kier alpha value is -0.810. The maximum absolute atomic E-state index is 12.1. The molecule has 0 aromatic heterocycles. The van der Waals surface area contributed by atoms with Crippen molar-refractivity contribution in [3.8, 4) is 0 Å². The molecule has 1 rings (SSSR count). The van der Waals surface area contributed by atoms with Gasteiger partial charge in [-0.3, -0.25) is 0 Å². The smallest absolute Gasteiger partial charge is 0.410 e. The van der Waals surface area contributed by atoms with Gasteiger partial charge in [0.25, 0.3) is 0 Å². The van der Waals surface area contributed by atoms with Crippen molar-refractivity contribution in [1.29, 1.82) is 0 Å². The largest absolute Gasteiger partial charge is 0.444 e. The highest BCUT2D eigenvalue weighted by molar-refractivity contribution is 5.68. The second-order valence-electron chi connectivity index (χ2n) is 8.43. The van der Waals surface area contributed by atoms with Crippen molar-refractivity contribution in [3.05, 3.63) is 0 Å². The summed E-state index contributed by atoms with van der Waals surface area (Å²) in [5.41, 5.74) is -0.604.